The van der Waals surface area contributed by atoms with Crippen LogP contribution in [0.4, 0.5) is 11.4 Å². The van der Waals surface area contributed by atoms with E-state index in [2.05, 4.69) is 15.2 Å². The first kappa shape index (κ1) is 11.5. The number of aromatic nitrogens is 4. The van der Waals surface area contributed by atoms with E-state index in [0.29, 0.717) is 17.2 Å². The predicted octanol–water partition coefficient (Wildman–Crippen LogP) is 1.57. The minimum Gasteiger partial charge on any atom is -0.399 e. The number of benzene rings is 1. The van der Waals surface area contributed by atoms with Crippen LogP contribution in [-0.2, 0) is 0 Å². The standard InChI is InChI=1S/C13H14N6/c1-7-3-12-17-18-13(19(12)8(2)16-7)9-4-10(14)6-11(15)5-9/h3-6H,14-15H2,1-2H3. The molecule has 2 heterocycles. The number of hydrogen-bond acceptors (Lipinski definition) is 5. The predicted molar refractivity (Wildman–Crippen MR) is 74.5 cm³/mol. The summed E-state index contributed by atoms with van der Waals surface area (Å²) in [5.41, 5.74) is 15.4. The van der Waals surface area contributed by atoms with Crippen LogP contribution in [0.15, 0.2) is 24.3 Å². The molecule has 0 bridgehead atoms. The quantitative estimate of drug-likeness (QED) is 0.643. The van der Waals surface area contributed by atoms with Gasteiger partial charge in [-0.15, -0.1) is 10.2 Å². The molecule has 6 heteroatoms. The molecule has 3 aromatic rings. The Labute approximate surface area is 110 Å². The Morgan fingerprint density at radius 1 is 0.947 bits per heavy atom. The number of anilines is 2. The zero-order valence-electron chi connectivity index (χ0n) is 10.8. The summed E-state index contributed by atoms with van der Waals surface area (Å²) < 4.78 is 1.89. The normalized spacial score (nSPS) is 11.1. The Hall–Kier alpha value is -2.63. The van der Waals surface area contributed by atoms with Crippen molar-refractivity contribution >= 4 is 17.0 Å². The van der Waals surface area contributed by atoms with Crippen molar-refractivity contribution in [3.8, 4) is 11.4 Å². The highest BCUT2D eigenvalue weighted by Crippen LogP contribution is 2.24. The van der Waals surface area contributed by atoms with Crippen molar-refractivity contribution < 1.29 is 0 Å². The molecule has 0 fully saturated rings. The summed E-state index contributed by atoms with van der Waals surface area (Å²) in [7, 11) is 0. The maximum Gasteiger partial charge on any atom is 0.169 e. The number of aryl methyl sites for hydroxylation is 2. The maximum absolute atomic E-state index is 5.82. The topological polar surface area (TPSA) is 95.1 Å². The van der Waals surface area contributed by atoms with E-state index in [1.54, 1.807) is 6.07 Å². The molecule has 0 saturated carbocycles. The molecule has 0 unspecified atom stereocenters. The van der Waals surface area contributed by atoms with Crippen molar-refractivity contribution in [3.63, 3.8) is 0 Å². The molecule has 0 radical (unpaired) electrons. The monoisotopic (exact) mass is 254 g/mol. The molecular weight excluding hydrogens is 240 g/mol. The van der Waals surface area contributed by atoms with Gasteiger partial charge in [-0.2, -0.15) is 0 Å². The fourth-order valence-corrected chi connectivity index (χ4v) is 2.23. The van der Waals surface area contributed by atoms with E-state index in [1.165, 1.54) is 0 Å². The number of nitrogens with two attached hydrogens (primary N) is 2. The Balaban J connectivity index is 2.31. The van der Waals surface area contributed by atoms with E-state index in [-0.39, 0.29) is 0 Å². The van der Waals surface area contributed by atoms with Gasteiger partial charge in [0.15, 0.2) is 11.5 Å². The average molecular weight is 254 g/mol. The average Bonchev–Trinajstić information content (AvgIpc) is 2.71. The van der Waals surface area contributed by atoms with Crippen LogP contribution < -0.4 is 11.5 Å². The van der Waals surface area contributed by atoms with Gasteiger partial charge >= 0.3 is 0 Å². The Morgan fingerprint density at radius 2 is 1.63 bits per heavy atom. The molecule has 6 nitrogen and oxygen atoms in total. The number of hydrogen-bond donors (Lipinski definition) is 2. The Kier molecular flexibility index (Phi) is 2.38. The van der Waals surface area contributed by atoms with Crippen molar-refractivity contribution in [2.45, 2.75) is 13.8 Å². The zero-order chi connectivity index (χ0) is 13.6. The summed E-state index contributed by atoms with van der Waals surface area (Å²) in [5.74, 6) is 1.52. The van der Waals surface area contributed by atoms with E-state index in [1.807, 2.05) is 36.4 Å². The highest BCUT2D eigenvalue weighted by molar-refractivity contribution is 5.69. The summed E-state index contributed by atoms with van der Waals surface area (Å²) >= 11 is 0. The smallest absolute Gasteiger partial charge is 0.169 e. The maximum atomic E-state index is 5.82. The zero-order valence-corrected chi connectivity index (χ0v) is 10.8. The van der Waals surface area contributed by atoms with Crippen LogP contribution in [0.5, 0.6) is 0 Å². The summed E-state index contributed by atoms with van der Waals surface area (Å²) in [4.78, 5) is 4.43. The lowest BCUT2D eigenvalue weighted by Crippen LogP contribution is -2.00. The molecule has 3 rings (SSSR count). The van der Waals surface area contributed by atoms with E-state index >= 15 is 0 Å². The molecule has 0 spiro atoms. The van der Waals surface area contributed by atoms with Gasteiger partial charge in [-0.3, -0.25) is 4.40 Å². The fourth-order valence-electron chi connectivity index (χ4n) is 2.23. The van der Waals surface area contributed by atoms with E-state index in [4.69, 9.17) is 11.5 Å². The van der Waals surface area contributed by atoms with E-state index < -0.39 is 0 Å². The third-order valence-corrected chi connectivity index (χ3v) is 2.92. The third kappa shape index (κ3) is 1.87. The summed E-state index contributed by atoms with van der Waals surface area (Å²) in [6.07, 6.45) is 0. The lowest BCUT2D eigenvalue weighted by molar-refractivity contribution is 0.962. The van der Waals surface area contributed by atoms with Crippen molar-refractivity contribution in [1.29, 1.82) is 0 Å². The van der Waals surface area contributed by atoms with Gasteiger partial charge in [0, 0.05) is 28.7 Å². The van der Waals surface area contributed by atoms with Crippen molar-refractivity contribution in [1.82, 2.24) is 19.6 Å². The van der Waals surface area contributed by atoms with Gasteiger partial charge in [-0.25, -0.2) is 4.98 Å². The number of nitrogen functional groups attached to an aromatic ring is 2. The van der Waals surface area contributed by atoms with E-state index in [9.17, 15) is 0 Å². The van der Waals surface area contributed by atoms with Crippen LogP contribution in [-0.4, -0.2) is 19.6 Å². The molecule has 0 atom stereocenters. The van der Waals surface area contributed by atoms with Gasteiger partial charge in [-0.1, -0.05) is 0 Å². The molecule has 19 heavy (non-hydrogen) atoms. The summed E-state index contributed by atoms with van der Waals surface area (Å²) in [6, 6.07) is 7.25. The van der Waals surface area contributed by atoms with Crippen molar-refractivity contribution in [2.24, 2.45) is 0 Å². The molecular formula is C13H14N6. The van der Waals surface area contributed by atoms with Crippen molar-refractivity contribution in [2.75, 3.05) is 11.5 Å². The Morgan fingerprint density at radius 3 is 2.32 bits per heavy atom. The molecule has 0 saturated heterocycles. The lowest BCUT2D eigenvalue weighted by atomic mass is 10.1. The minimum atomic E-state index is 0.601. The van der Waals surface area contributed by atoms with Crippen LogP contribution in [0.3, 0.4) is 0 Å². The SMILES string of the molecule is Cc1cc2nnc(-c3cc(N)cc(N)c3)n2c(C)n1. The molecule has 1 aromatic carbocycles. The molecule has 0 aliphatic rings. The highest BCUT2D eigenvalue weighted by atomic mass is 15.3. The number of fused-ring (bicyclic) bond motifs is 1. The first-order valence-corrected chi connectivity index (χ1v) is 5.90. The second-order valence-corrected chi connectivity index (χ2v) is 4.55. The fraction of sp³-hybridized carbons (Fsp3) is 0.154. The summed E-state index contributed by atoms with van der Waals surface area (Å²) in [5, 5.41) is 8.38. The number of nitrogens with zero attached hydrogens (tertiary/aromatic N) is 4. The second-order valence-electron chi connectivity index (χ2n) is 4.55. The molecule has 2 aromatic heterocycles. The van der Waals surface area contributed by atoms with Crippen LogP contribution in [0.25, 0.3) is 17.0 Å². The molecule has 96 valence electrons. The molecule has 4 N–H and O–H groups in total. The summed E-state index contributed by atoms with van der Waals surface area (Å²) in [6.45, 7) is 3.85. The van der Waals surface area contributed by atoms with Crippen LogP contribution in [0, 0.1) is 13.8 Å². The van der Waals surface area contributed by atoms with Gasteiger partial charge in [0.2, 0.25) is 0 Å². The first-order chi connectivity index (χ1) is 9.04. The van der Waals surface area contributed by atoms with Gasteiger partial charge < -0.3 is 11.5 Å². The molecule has 0 amide bonds. The van der Waals surface area contributed by atoms with Gasteiger partial charge in [0.05, 0.1) is 0 Å². The van der Waals surface area contributed by atoms with Gasteiger partial charge in [-0.05, 0) is 32.0 Å². The first-order valence-electron chi connectivity index (χ1n) is 5.90. The van der Waals surface area contributed by atoms with E-state index in [0.717, 1.165) is 22.7 Å². The van der Waals surface area contributed by atoms with Crippen LogP contribution in [0.2, 0.25) is 0 Å². The third-order valence-electron chi connectivity index (χ3n) is 2.92. The largest absolute Gasteiger partial charge is 0.399 e. The van der Waals surface area contributed by atoms with Gasteiger partial charge in [0.1, 0.15) is 5.82 Å². The van der Waals surface area contributed by atoms with Crippen molar-refractivity contribution in [3.05, 3.63) is 35.8 Å². The Bertz CT molecular complexity index is 754. The highest BCUT2D eigenvalue weighted by Gasteiger charge is 2.12. The van der Waals surface area contributed by atoms with Crippen LogP contribution >= 0.6 is 0 Å². The van der Waals surface area contributed by atoms with Gasteiger partial charge in [0.25, 0.3) is 0 Å². The van der Waals surface area contributed by atoms with Crippen LogP contribution in [0.1, 0.15) is 11.5 Å². The number of rotatable bonds is 1. The minimum absolute atomic E-state index is 0.601. The lowest BCUT2D eigenvalue weighted by Gasteiger charge is -2.06. The molecule has 0 aliphatic heterocycles. The second kappa shape index (κ2) is 3.94. The molecule has 0 aliphatic carbocycles.